The number of hydrogen-bond acceptors (Lipinski definition) is 2. The van der Waals surface area contributed by atoms with Crippen LogP contribution in [0.5, 0.6) is 0 Å². The van der Waals surface area contributed by atoms with Gasteiger partial charge in [0.1, 0.15) is 0 Å². The fraction of sp³-hybridized carbons (Fsp3) is 0.467. The van der Waals surface area contributed by atoms with Gasteiger partial charge in [-0.1, -0.05) is 26.0 Å². The lowest BCUT2D eigenvalue weighted by Gasteiger charge is -2.23. The van der Waals surface area contributed by atoms with Gasteiger partial charge in [-0.25, -0.2) is 0 Å². The minimum absolute atomic E-state index is 0.132. The molecule has 104 valence electrons. The third kappa shape index (κ3) is 3.81. The highest BCUT2D eigenvalue weighted by molar-refractivity contribution is 5.94. The summed E-state index contributed by atoms with van der Waals surface area (Å²) < 4.78 is 0. The first kappa shape index (κ1) is 15.2. The molecule has 0 radical (unpaired) electrons. The topological polar surface area (TPSA) is 66.4 Å². The van der Waals surface area contributed by atoms with Crippen molar-refractivity contribution in [3.05, 3.63) is 35.4 Å². The van der Waals surface area contributed by atoms with E-state index in [9.17, 15) is 9.59 Å². The van der Waals surface area contributed by atoms with E-state index in [1.807, 2.05) is 12.1 Å². The maximum Gasteiger partial charge on any atom is 0.311 e. The number of carboxylic acid groups (broad SMARTS) is 1. The molecular formula is C15H21NO3. The molecule has 0 aliphatic carbocycles. The Labute approximate surface area is 113 Å². The minimum Gasteiger partial charge on any atom is -0.481 e. The van der Waals surface area contributed by atoms with E-state index in [4.69, 9.17) is 5.11 Å². The van der Waals surface area contributed by atoms with E-state index in [1.54, 1.807) is 26.0 Å². The van der Waals surface area contributed by atoms with Crippen LogP contribution < -0.4 is 5.32 Å². The van der Waals surface area contributed by atoms with Gasteiger partial charge >= 0.3 is 5.97 Å². The molecule has 1 atom stereocenters. The van der Waals surface area contributed by atoms with Crippen LogP contribution in [0.4, 0.5) is 0 Å². The predicted octanol–water partition coefficient (Wildman–Crippen LogP) is 2.48. The first-order chi connectivity index (χ1) is 8.92. The van der Waals surface area contributed by atoms with Gasteiger partial charge in [0, 0.05) is 12.1 Å². The number of benzene rings is 1. The molecule has 0 fully saturated rings. The fourth-order valence-corrected chi connectivity index (χ4v) is 1.62. The summed E-state index contributed by atoms with van der Waals surface area (Å²) in [5, 5.41) is 11.8. The normalized spacial score (nSPS) is 13.6. The van der Waals surface area contributed by atoms with E-state index in [-0.39, 0.29) is 12.5 Å². The van der Waals surface area contributed by atoms with Crippen molar-refractivity contribution in [2.45, 2.75) is 33.6 Å². The van der Waals surface area contributed by atoms with Gasteiger partial charge in [0.25, 0.3) is 5.91 Å². The van der Waals surface area contributed by atoms with E-state index in [1.165, 1.54) is 5.56 Å². The van der Waals surface area contributed by atoms with Gasteiger partial charge in [0.15, 0.2) is 0 Å². The molecule has 0 spiro atoms. The number of aryl methyl sites for hydroxylation is 1. The van der Waals surface area contributed by atoms with Crippen molar-refractivity contribution in [1.29, 1.82) is 0 Å². The molecule has 0 saturated heterocycles. The Morgan fingerprint density at radius 1 is 1.21 bits per heavy atom. The molecule has 1 rings (SSSR count). The molecule has 1 aromatic rings. The SMILES string of the molecule is CCc1ccc(C(=O)NCC(C)(CC)C(=O)O)cc1. The molecule has 0 aromatic heterocycles. The highest BCUT2D eigenvalue weighted by Gasteiger charge is 2.31. The summed E-state index contributed by atoms with van der Waals surface area (Å²) in [5.41, 5.74) is 0.806. The van der Waals surface area contributed by atoms with Gasteiger partial charge in [0.2, 0.25) is 0 Å². The standard InChI is InChI=1S/C15H21NO3/c1-4-11-6-8-12(9-7-11)13(17)16-10-15(3,5-2)14(18)19/h6-9H,4-5,10H2,1-3H3,(H,16,17)(H,18,19). The Hall–Kier alpha value is -1.84. The van der Waals surface area contributed by atoms with Crippen molar-refractivity contribution in [1.82, 2.24) is 5.32 Å². The van der Waals surface area contributed by atoms with Crippen LogP contribution >= 0.6 is 0 Å². The predicted molar refractivity (Wildman–Crippen MR) is 74.2 cm³/mol. The zero-order valence-electron chi connectivity index (χ0n) is 11.7. The third-order valence-electron chi connectivity index (χ3n) is 3.56. The van der Waals surface area contributed by atoms with Gasteiger partial charge in [-0.05, 0) is 37.5 Å². The molecular weight excluding hydrogens is 242 g/mol. The monoisotopic (exact) mass is 263 g/mol. The van der Waals surface area contributed by atoms with Crippen LogP contribution in [0.25, 0.3) is 0 Å². The summed E-state index contributed by atoms with van der Waals surface area (Å²) >= 11 is 0. The zero-order valence-corrected chi connectivity index (χ0v) is 11.7. The molecule has 2 N–H and O–H groups in total. The number of carboxylic acids is 1. The van der Waals surface area contributed by atoms with Crippen molar-refractivity contribution in [2.24, 2.45) is 5.41 Å². The Kier molecular flexibility index (Phi) is 5.10. The van der Waals surface area contributed by atoms with Gasteiger partial charge < -0.3 is 10.4 Å². The Bertz CT molecular complexity index is 453. The molecule has 0 aliphatic heterocycles. The maximum atomic E-state index is 11.9. The number of carbonyl (C=O) groups is 2. The number of carbonyl (C=O) groups excluding carboxylic acids is 1. The molecule has 0 aliphatic rings. The van der Waals surface area contributed by atoms with E-state index in [0.717, 1.165) is 6.42 Å². The van der Waals surface area contributed by atoms with Crippen LogP contribution in [0.1, 0.15) is 43.1 Å². The summed E-state index contributed by atoms with van der Waals surface area (Å²) in [4.78, 5) is 23.1. The summed E-state index contributed by atoms with van der Waals surface area (Å²) in [6.07, 6.45) is 1.40. The lowest BCUT2D eigenvalue weighted by molar-refractivity contribution is -0.147. The lowest BCUT2D eigenvalue weighted by atomic mass is 9.87. The van der Waals surface area contributed by atoms with Crippen LogP contribution in [0.2, 0.25) is 0 Å². The quantitative estimate of drug-likeness (QED) is 0.828. The highest BCUT2D eigenvalue weighted by atomic mass is 16.4. The first-order valence-electron chi connectivity index (χ1n) is 6.53. The first-order valence-corrected chi connectivity index (χ1v) is 6.53. The average Bonchev–Trinajstić information content (AvgIpc) is 2.44. The number of rotatable bonds is 6. The van der Waals surface area contributed by atoms with Gasteiger partial charge in [-0.3, -0.25) is 9.59 Å². The zero-order chi connectivity index (χ0) is 14.5. The van der Waals surface area contributed by atoms with Gasteiger partial charge in [-0.15, -0.1) is 0 Å². The summed E-state index contributed by atoms with van der Waals surface area (Å²) in [7, 11) is 0. The largest absolute Gasteiger partial charge is 0.481 e. The van der Waals surface area contributed by atoms with Crippen LogP contribution in [-0.4, -0.2) is 23.5 Å². The molecule has 0 heterocycles. The fourth-order valence-electron chi connectivity index (χ4n) is 1.62. The maximum absolute atomic E-state index is 11.9. The Balaban J connectivity index is 2.66. The van der Waals surface area contributed by atoms with E-state index < -0.39 is 11.4 Å². The van der Waals surface area contributed by atoms with Crippen LogP contribution in [0.15, 0.2) is 24.3 Å². The lowest BCUT2D eigenvalue weighted by Crippen LogP contribution is -2.40. The summed E-state index contributed by atoms with van der Waals surface area (Å²) in [6.45, 7) is 5.62. The second-order valence-electron chi connectivity index (χ2n) is 4.95. The van der Waals surface area contributed by atoms with Crippen molar-refractivity contribution in [2.75, 3.05) is 6.54 Å². The summed E-state index contributed by atoms with van der Waals surface area (Å²) in [5.74, 6) is -1.12. The van der Waals surface area contributed by atoms with Crippen molar-refractivity contribution < 1.29 is 14.7 Å². The smallest absolute Gasteiger partial charge is 0.311 e. The summed E-state index contributed by atoms with van der Waals surface area (Å²) in [6, 6.07) is 7.34. The Morgan fingerprint density at radius 2 is 1.79 bits per heavy atom. The molecule has 1 unspecified atom stereocenters. The minimum atomic E-state index is -0.918. The number of hydrogen-bond donors (Lipinski definition) is 2. The third-order valence-corrected chi connectivity index (χ3v) is 3.56. The van der Waals surface area contributed by atoms with E-state index >= 15 is 0 Å². The highest BCUT2D eigenvalue weighted by Crippen LogP contribution is 2.20. The van der Waals surface area contributed by atoms with Crippen molar-refractivity contribution >= 4 is 11.9 Å². The second-order valence-corrected chi connectivity index (χ2v) is 4.95. The molecule has 0 bridgehead atoms. The molecule has 4 heteroatoms. The number of aliphatic carboxylic acids is 1. The molecule has 19 heavy (non-hydrogen) atoms. The molecule has 0 saturated carbocycles. The van der Waals surface area contributed by atoms with E-state index in [0.29, 0.717) is 12.0 Å². The molecule has 4 nitrogen and oxygen atoms in total. The average molecular weight is 263 g/mol. The van der Waals surface area contributed by atoms with Gasteiger partial charge in [0.05, 0.1) is 5.41 Å². The van der Waals surface area contributed by atoms with E-state index in [2.05, 4.69) is 12.2 Å². The second kappa shape index (κ2) is 6.36. The van der Waals surface area contributed by atoms with Crippen LogP contribution in [0, 0.1) is 5.41 Å². The van der Waals surface area contributed by atoms with Gasteiger partial charge in [-0.2, -0.15) is 0 Å². The Morgan fingerprint density at radius 3 is 2.21 bits per heavy atom. The van der Waals surface area contributed by atoms with Crippen molar-refractivity contribution in [3.8, 4) is 0 Å². The molecule has 1 amide bonds. The molecule has 1 aromatic carbocycles. The van der Waals surface area contributed by atoms with Crippen LogP contribution in [0.3, 0.4) is 0 Å². The van der Waals surface area contributed by atoms with Crippen LogP contribution in [-0.2, 0) is 11.2 Å². The van der Waals surface area contributed by atoms with Crippen molar-refractivity contribution in [3.63, 3.8) is 0 Å². The number of amides is 1. The number of nitrogens with one attached hydrogen (secondary N) is 1.